The number of esters is 2. The number of aliphatic hydroxyl groups excluding tert-OH is 1. The number of nitrogens with zero attached hydrogens (tertiary/aromatic N) is 1. The van der Waals surface area contributed by atoms with Crippen LogP contribution in [0.4, 0.5) is 0 Å². The van der Waals surface area contributed by atoms with Gasteiger partial charge in [-0.3, -0.25) is 9.59 Å². The first-order valence-electron chi connectivity index (χ1n) is 22.2. The van der Waals surface area contributed by atoms with Crippen LogP contribution in [-0.2, 0) is 19.1 Å². The summed E-state index contributed by atoms with van der Waals surface area (Å²) in [6.07, 6.45) is 37.2. The number of rotatable bonds is 40. The first-order chi connectivity index (χ1) is 24.5. The van der Waals surface area contributed by atoms with Crippen molar-refractivity contribution in [2.75, 3.05) is 26.2 Å². The zero-order chi connectivity index (χ0) is 36.8. The van der Waals surface area contributed by atoms with Gasteiger partial charge in [0.2, 0.25) is 0 Å². The fourth-order valence-electron chi connectivity index (χ4n) is 6.89. The van der Waals surface area contributed by atoms with Gasteiger partial charge in [-0.05, 0) is 64.8 Å². The highest BCUT2D eigenvalue weighted by molar-refractivity contribution is 5.69. The molecule has 0 heterocycles. The summed E-state index contributed by atoms with van der Waals surface area (Å²) < 4.78 is 11.7. The number of hydrogen-bond donors (Lipinski definition) is 1. The van der Waals surface area contributed by atoms with Gasteiger partial charge in [-0.1, -0.05) is 162 Å². The molecule has 0 saturated carbocycles. The Bertz CT molecular complexity index is 701. The Balaban J connectivity index is 4.09. The maximum absolute atomic E-state index is 12.7. The zero-order valence-electron chi connectivity index (χ0n) is 34.1. The third-order valence-electron chi connectivity index (χ3n) is 10.2. The highest BCUT2D eigenvalue weighted by Crippen LogP contribution is 2.19. The average Bonchev–Trinajstić information content (AvgIpc) is 3.10. The molecule has 6 heteroatoms. The minimum Gasteiger partial charge on any atom is -0.463 e. The molecule has 0 aromatic carbocycles. The van der Waals surface area contributed by atoms with Gasteiger partial charge in [0.1, 0.15) is 12.2 Å². The summed E-state index contributed by atoms with van der Waals surface area (Å²) in [6.45, 7) is 11.3. The molecule has 0 spiro atoms. The van der Waals surface area contributed by atoms with E-state index in [4.69, 9.17) is 9.47 Å². The topological polar surface area (TPSA) is 76.1 Å². The van der Waals surface area contributed by atoms with Crippen LogP contribution in [0.2, 0.25) is 0 Å². The van der Waals surface area contributed by atoms with Crippen LogP contribution in [-0.4, -0.2) is 60.4 Å². The van der Waals surface area contributed by atoms with Gasteiger partial charge < -0.3 is 19.5 Å². The second-order valence-electron chi connectivity index (χ2n) is 15.3. The van der Waals surface area contributed by atoms with E-state index in [1.165, 1.54) is 128 Å². The molecule has 0 rings (SSSR count). The molecule has 0 bridgehead atoms. The predicted octanol–water partition coefficient (Wildman–Crippen LogP) is 12.7. The first-order valence-corrected chi connectivity index (χ1v) is 22.2. The summed E-state index contributed by atoms with van der Waals surface area (Å²) >= 11 is 0. The number of carbonyl (C=O) groups excluding carboxylic acids is 2. The number of unbranched alkanes of at least 4 members (excludes halogenated alkanes) is 23. The lowest BCUT2D eigenvalue weighted by Gasteiger charge is -2.23. The van der Waals surface area contributed by atoms with Crippen molar-refractivity contribution in [2.45, 2.75) is 245 Å². The molecule has 0 amide bonds. The summed E-state index contributed by atoms with van der Waals surface area (Å²) in [5, 5.41) is 9.57. The summed E-state index contributed by atoms with van der Waals surface area (Å²) in [5.74, 6) is -0.0693. The smallest absolute Gasteiger partial charge is 0.306 e. The van der Waals surface area contributed by atoms with Crippen molar-refractivity contribution in [1.29, 1.82) is 0 Å². The maximum Gasteiger partial charge on any atom is 0.306 e. The minimum absolute atomic E-state index is 0.000551. The molecule has 1 atom stereocenters. The summed E-state index contributed by atoms with van der Waals surface area (Å²) in [5.41, 5.74) is 0. The van der Waals surface area contributed by atoms with E-state index in [0.29, 0.717) is 19.4 Å². The lowest BCUT2D eigenvalue weighted by atomic mass is 10.0. The van der Waals surface area contributed by atoms with Crippen molar-refractivity contribution in [1.82, 2.24) is 4.90 Å². The molecule has 0 aromatic rings. The molecule has 50 heavy (non-hydrogen) atoms. The van der Waals surface area contributed by atoms with Gasteiger partial charge in [0.25, 0.3) is 0 Å². The van der Waals surface area contributed by atoms with Crippen molar-refractivity contribution in [3.05, 3.63) is 0 Å². The molecule has 1 unspecified atom stereocenters. The third kappa shape index (κ3) is 35.3. The molecule has 0 fully saturated rings. The third-order valence-corrected chi connectivity index (χ3v) is 10.2. The van der Waals surface area contributed by atoms with Crippen molar-refractivity contribution in [2.24, 2.45) is 0 Å². The van der Waals surface area contributed by atoms with Crippen molar-refractivity contribution in [3.63, 3.8) is 0 Å². The second kappa shape index (κ2) is 39.1. The van der Waals surface area contributed by atoms with E-state index in [1.807, 2.05) is 6.92 Å². The van der Waals surface area contributed by atoms with Crippen LogP contribution in [0.3, 0.4) is 0 Å². The molecule has 0 radical (unpaired) electrons. The Labute approximate surface area is 312 Å². The summed E-state index contributed by atoms with van der Waals surface area (Å²) in [6, 6.07) is 0. The number of ether oxygens (including phenoxy) is 2. The van der Waals surface area contributed by atoms with Gasteiger partial charge in [0, 0.05) is 25.9 Å². The van der Waals surface area contributed by atoms with Gasteiger partial charge in [0.05, 0.1) is 6.61 Å². The van der Waals surface area contributed by atoms with Crippen LogP contribution in [0.25, 0.3) is 0 Å². The summed E-state index contributed by atoms with van der Waals surface area (Å²) in [4.78, 5) is 27.3. The molecule has 0 aliphatic rings. The van der Waals surface area contributed by atoms with Crippen LogP contribution in [0.15, 0.2) is 0 Å². The van der Waals surface area contributed by atoms with Gasteiger partial charge in [-0.15, -0.1) is 0 Å². The molecule has 6 nitrogen and oxygen atoms in total. The van der Waals surface area contributed by atoms with Crippen LogP contribution in [0.5, 0.6) is 0 Å². The van der Waals surface area contributed by atoms with E-state index in [9.17, 15) is 14.7 Å². The average molecular weight is 710 g/mol. The van der Waals surface area contributed by atoms with Gasteiger partial charge in [0.15, 0.2) is 0 Å². The Hall–Kier alpha value is -1.14. The lowest BCUT2D eigenvalue weighted by molar-refractivity contribution is -0.150. The number of hydrogen-bond acceptors (Lipinski definition) is 6. The first kappa shape index (κ1) is 48.9. The van der Waals surface area contributed by atoms with Crippen LogP contribution in [0.1, 0.15) is 233 Å². The van der Waals surface area contributed by atoms with Crippen LogP contribution < -0.4 is 0 Å². The predicted molar refractivity (Wildman–Crippen MR) is 214 cm³/mol. The van der Waals surface area contributed by atoms with Crippen LogP contribution >= 0.6 is 0 Å². The fraction of sp³-hybridized carbons (Fsp3) is 0.955. The number of carbonyl (C=O) groups is 2. The molecular formula is C44H87NO5. The Morgan fingerprint density at radius 2 is 0.840 bits per heavy atom. The molecular weight excluding hydrogens is 622 g/mol. The van der Waals surface area contributed by atoms with Crippen molar-refractivity contribution < 1.29 is 24.2 Å². The van der Waals surface area contributed by atoms with E-state index in [-0.39, 0.29) is 30.8 Å². The lowest BCUT2D eigenvalue weighted by Crippen LogP contribution is -2.31. The second-order valence-corrected chi connectivity index (χ2v) is 15.3. The van der Waals surface area contributed by atoms with Crippen molar-refractivity contribution in [3.8, 4) is 0 Å². The van der Waals surface area contributed by atoms with Gasteiger partial charge >= 0.3 is 11.9 Å². The van der Waals surface area contributed by atoms with E-state index in [1.54, 1.807) is 0 Å². The van der Waals surface area contributed by atoms with E-state index >= 15 is 0 Å². The van der Waals surface area contributed by atoms with Crippen LogP contribution in [0, 0.1) is 0 Å². The Morgan fingerprint density at radius 3 is 1.28 bits per heavy atom. The normalized spacial score (nSPS) is 12.2. The van der Waals surface area contributed by atoms with Gasteiger partial charge in [-0.2, -0.15) is 0 Å². The molecule has 1 N–H and O–H groups in total. The van der Waals surface area contributed by atoms with E-state index in [2.05, 4.69) is 25.7 Å². The van der Waals surface area contributed by atoms with E-state index < -0.39 is 0 Å². The molecule has 0 aromatic heterocycles. The largest absolute Gasteiger partial charge is 0.463 e. The minimum atomic E-state index is -0.0947. The SMILES string of the molecule is CCCCCCCCCCCCC(=O)OC(C)CCN(CCO)CCCCCCCC(=O)OC(CCCCCCCC)CCCCCCCC. The van der Waals surface area contributed by atoms with Crippen molar-refractivity contribution >= 4 is 11.9 Å². The monoisotopic (exact) mass is 710 g/mol. The number of aliphatic hydroxyl groups is 1. The van der Waals surface area contributed by atoms with Gasteiger partial charge in [-0.25, -0.2) is 0 Å². The molecule has 0 aliphatic heterocycles. The Kier molecular flexibility index (Phi) is 38.2. The molecule has 298 valence electrons. The highest BCUT2D eigenvalue weighted by Gasteiger charge is 2.15. The quantitative estimate of drug-likeness (QED) is 0.0504. The maximum atomic E-state index is 12.7. The fourth-order valence-corrected chi connectivity index (χ4v) is 6.89. The van der Waals surface area contributed by atoms with E-state index in [0.717, 1.165) is 77.3 Å². The zero-order valence-corrected chi connectivity index (χ0v) is 34.1. The molecule has 0 aliphatic carbocycles. The standard InChI is InChI=1S/C44H87NO5/c1-5-8-11-14-17-18-19-20-24-29-34-43(47)49-41(4)36-38-45(39-40-46)37-31-26-21-25-30-35-44(48)50-42(32-27-22-15-12-9-6-2)33-28-23-16-13-10-7-3/h41-42,46H,5-40H2,1-4H3. The summed E-state index contributed by atoms with van der Waals surface area (Å²) in [7, 11) is 0. The highest BCUT2D eigenvalue weighted by atomic mass is 16.5. The molecule has 0 saturated heterocycles. The Morgan fingerprint density at radius 1 is 0.460 bits per heavy atom.